The van der Waals surface area contributed by atoms with Gasteiger partial charge in [0, 0.05) is 9.64 Å². The van der Waals surface area contributed by atoms with Crippen molar-refractivity contribution in [1.29, 1.82) is 0 Å². The quantitative estimate of drug-likeness (QED) is 0.587. The summed E-state index contributed by atoms with van der Waals surface area (Å²) in [6.07, 6.45) is -4.93. The molecule has 1 rings (SSSR count). The Bertz CT molecular complexity index is 477. The van der Waals surface area contributed by atoms with E-state index in [9.17, 15) is 18.0 Å². The van der Waals surface area contributed by atoms with Gasteiger partial charge in [-0.25, -0.2) is 4.98 Å². The number of ether oxygens (including phenoxy) is 2. The van der Waals surface area contributed by atoms with Crippen molar-refractivity contribution in [1.82, 2.24) is 4.98 Å². The van der Waals surface area contributed by atoms with Gasteiger partial charge >= 0.3 is 12.3 Å². The molecule has 1 aromatic rings. The lowest BCUT2D eigenvalue weighted by molar-refractivity contribution is -0.276. The zero-order valence-corrected chi connectivity index (χ0v) is 12.3. The average molecular weight is 389 g/mol. The first-order valence-electron chi connectivity index (χ1n) is 5.30. The third-order valence-corrected chi connectivity index (χ3v) is 3.51. The van der Waals surface area contributed by atoms with Crippen molar-refractivity contribution in [3.05, 3.63) is 20.9 Å². The van der Waals surface area contributed by atoms with Crippen molar-refractivity contribution in [3.8, 4) is 5.88 Å². The second kappa shape index (κ2) is 6.40. The molecule has 0 N–H and O–H groups in total. The second-order valence-electron chi connectivity index (χ2n) is 3.55. The normalized spacial score (nSPS) is 11.3. The maximum atomic E-state index is 12.1. The molecule has 0 amide bonds. The van der Waals surface area contributed by atoms with Crippen LogP contribution >= 0.6 is 22.6 Å². The molecule has 0 aliphatic carbocycles. The van der Waals surface area contributed by atoms with E-state index in [1.807, 2.05) is 22.6 Å². The van der Waals surface area contributed by atoms with Crippen LogP contribution < -0.4 is 4.74 Å². The molecule has 8 heteroatoms. The summed E-state index contributed by atoms with van der Waals surface area (Å²) in [5, 5.41) is 0. The van der Waals surface area contributed by atoms with E-state index in [0.717, 1.165) is 6.07 Å². The first-order chi connectivity index (χ1) is 8.73. The van der Waals surface area contributed by atoms with Crippen LogP contribution in [0.5, 0.6) is 5.88 Å². The van der Waals surface area contributed by atoms with Crippen LogP contribution in [0.2, 0.25) is 0 Å². The maximum Gasteiger partial charge on any atom is 0.574 e. The van der Waals surface area contributed by atoms with E-state index in [1.165, 1.54) is 0 Å². The van der Waals surface area contributed by atoms with E-state index >= 15 is 0 Å². The van der Waals surface area contributed by atoms with E-state index in [1.54, 1.807) is 13.8 Å². The molecule has 0 aromatic carbocycles. The lowest BCUT2D eigenvalue weighted by atomic mass is 10.1. The number of carbonyl (C=O) groups excluding carboxylic acids is 1. The zero-order valence-electron chi connectivity index (χ0n) is 10.2. The van der Waals surface area contributed by atoms with Crippen molar-refractivity contribution in [2.75, 3.05) is 6.61 Å². The topological polar surface area (TPSA) is 48.4 Å². The SMILES string of the molecule is CCOC(=O)Cc1cc(OC(F)(F)F)nc(C)c1I. The standard InChI is InChI=1S/C11H11F3INO3/c1-3-18-9(17)5-7-4-8(19-11(12,13)14)16-6(2)10(7)15/h4H,3,5H2,1-2H3. The highest BCUT2D eigenvalue weighted by Gasteiger charge is 2.32. The van der Waals surface area contributed by atoms with Crippen molar-refractivity contribution >= 4 is 28.6 Å². The van der Waals surface area contributed by atoms with Gasteiger partial charge in [-0.15, -0.1) is 13.2 Å². The van der Waals surface area contributed by atoms with E-state index in [4.69, 9.17) is 4.74 Å². The predicted octanol–water partition coefficient (Wildman–Crippen LogP) is 3.00. The Labute approximate surface area is 121 Å². The van der Waals surface area contributed by atoms with Crippen molar-refractivity contribution in [2.45, 2.75) is 26.6 Å². The van der Waals surface area contributed by atoms with Crippen LogP contribution in [0.25, 0.3) is 0 Å². The summed E-state index contributed by atoms with van der Waals surface area (Å²) in [5.41, 5.74) is 0.757. The summed E-state index contributed by atoms with van der Waals surface area (Å²) >= 11 is 1.91. The molecule has 0 fully saturated rings. The molecule has 106 valence electrons. The molecule has 0 saturated carbocycles. The molecule has 1 aromatic heterocycles. The number of aryl methyl sites for hydroxylation is 1. The maximum absolute atomic E-state index is 12.1. The zero-order chi connectivity index (χ0) is 14.6. The number of aromatic nitrogens is 1. The Morgan fingerprint density at radius 2 is 2.11 bits per heavy atom. The molecule has 0 saturated heterocycles. The lowest BCUT2D eigenvalue weighted by Gasteiger charge is -2.12. The van der Waals surface area contributed by atoms with Gasteiger partial charge in [0.15, 0.2) is 0 Å². The van der Waals surface area contributed by atoms with Crippen LogP contribution in [-0.4, -0.2) is 23.9 Å². The highest BCUT2D eigenvalue weighted by Crippen LogP contribution is 2.26. The second-order valence-corrected chi connectivity index (χ2v) is 4.63. The van der Waals surface area contributed by atoms with Gasteiger partial charge < -0.3 is 9.47 Å². The fraction of sp³-hybridized carbons (Fsp3) is 0.455. The molecular formula is C11H11F3INO3. The van der Waals surface area contributed by atoms with Crippen LogP contribution in [0, 0.1) is 10.5 Å². The fourth-order valence-electron chi connectivity index (χ4n) is 1.36. The third-order valence-electron chi connectivity index (χ3n) is 2.04. The van der Waals surface area contributed by atoms with Crippen molar-refractivity contribution in [2.24, 2.45) is 0 Å². The molecule has 0 unspecified atom stereocenters. The number of alkyl halides is 3. The summed E-state index contributed by atoms with van der Waals surface area (Å²) in [5.74, 6) is -1.09. The van der Waals surface area contributed by atoms with Crippen LogP contribution in [0.15, 0.2) is 6.07 Å². The minimum absolute atomic E-state index is 0.121. The van der Waals surface area contributed by atoms with E-state index in [2.05, 4.69) is 9.72 Å². The van der Waals surface area contributed by atoms with E-state index in [0.29, 0.717) is 14.8 Å². The van der Waals surface area contributed by atoms with E-state index in [-0.39, 0.29) is 13.0 Å². The highest BCUT2D eigenvalue weighted by molar-refractivity contribution is 14.1. The molecule has 0 spiro atoms. The fourth-order valence-corrected chi connectivity index (χ4v) is 1.83. The van der Waals surface area contributed by atoms with Gasteiger partial charge in [0.1, 0.15) is 0 Å². The monoisotopic (exact) mass is 389 g/mol. The van der Waals surface area contributed by atoms with Gasteiger partial charge in [0.25, 0.3) is 0 Å². The molecule has 0 radical (unpaired) electrons. The summed E-state index contributed by atoms with van der Waals surface area (Å²) in [7, 11) is 0. The number of esters is 1. The van der Waals surface area contributed by atoms with Gasteiger partial charge in [-0.3, -0.25) is 4.79 Å². The Morgan fingerprint density at radius 3 is 2.63 bits per heavy atom. The van der Waals surface area contributed by atoms with Crippen molar-refractivity contribution in [3.63, 3.8) is 0 Å². The highest BCUT2D eigenvalue weighted by atomic mass is 127. The van der Waals surface area contributed by atoms with E-state index < -0.39 is 18.2 Å². The molecule has 4 nitrogen and oxygen atoms in total. The van der Waals surface area contributed by atoms with Crippen LogP contribution in [0.3, 0.4) is 0 Å². The Balaban J connectivity index is 3.00. The average Bonchev–Trinajstić information content (AvgIpc) is 2.23. The van der Waals surface area contributed by atoms with Crippen LogP contribution in [0.1, 0.15) is 18.2 Å². The minimum Gasteiger partial charge on any atom is -0.466 e. The number of pyridine rings is 1. The van der Waals surface area contributed by atoms with Crippen LogP contribution in [0.4, 0.5) is 13.2 Å². The summed E-state index contributed by atoms with van der Waals surface area (Å²) in [6.45, 7) is 3.41. The lowest BCUT2D eigenvalue weighted by Crippen LogP contribution is -2.19. The molecule has 0 aliphatic rings. The van der Waals surface area contributed by atoms with Gasteiger partial charge in [-0.2, -0.15) is 0 Å². The Morgan fingerprint density at radius 1 is 1.47 bits per heavy atom. The van der Waals surface area contributed by atoms with Crippen LogP contribution in [-0.2, 0) is 16.0 Å². The van der Waals surface area contributed by atoms with Gasteiger partial charge in [0.2, 0.25) is 5.88 Å². The predicted molar refractivity (Wildman–Crippen MR) is 68.7 cm³/mol. The van der Waals surface area contributed by atoms with Gasteiger partial charge in [-0.05, 0) is 42.0 Å². The number of hydrogen-bond donors (Lipinski definition) is 0. The van der Waals surface area contributed by atoms with Gasteiger partial charge in [0.05, 0.1) is 18.7 Å². The number of carbonyl (C=O) groups is 1. The minimum atomic E-state index is -4.81. The summed E-state index contributed by atoms with van der Waals surface area (Å²) < 4.78 is 45.5. The molecular weight excluding hydrogens is 378 g/mol. The van der Waals surface area contributed by atoms with Gasteiger partial charge in [-0.1, -0.05) is 0 Å². The largest absolute Gasteiger partial charge is 0.574 e. The first kappa shape index (κ1) is 16.0. The molecule has 1 heterocycles. The summed E-state index contributed by atoms with van der Waals surface area (Å²) in [4.78, 5) is 15.0. The number of halogens is 4. The first-order valence-corrected chi connectivity index (χ1v) is 6.38. The molecule has 0 aliphatic heterocycles. The number of nitrogens with zero attached hydrogens (tertiary/aromatic N) is 1. The number of rotatable bonds is 4. The Kier molecular flexibility index (Phi) is 5.39. The molecule has 0 bridgehead atoms. The summed E-state index contributed by atoms with van der Waals surface area (Å²) in [6, 6.07) is 1.10. The third kappa shape index (κ3) is 5.21. The Hall–Kier alpha value is -1.06. The molecule has 19 heavy (non-hydrogen) atoms. The molecule has 0 atom stereocenters. The smallest absolute Gasteiger partial charge is 0.466 e. The van der Waals surface area contributed by atoms with Crippen molar-refractivity contribution < 1.29 is 27.4 Å². The number of hydrogen-bond acceptors (Lipinski definition) is 4.